The highest BCUT2D eigenvalue weighted by molar-refractivity contribution is 5.59. The quantitative estimate of drug-likeness (QED) is 0.621. The van der Waals surface area contributed by atoms with E-state index in [1.807, 2.05) is 0 Å². The summed E-state index contributed by atoms with van der Waals surface area (Å²) in [7, 11) is 0. The lowest BCUT2D eigenvalue weighted by molar-refractivity contribution is -0.0452. The second kappa shape index (κ2) is 4.20. The van der Waals surface area contributed by atoms with E-state index >= 15 is 0 Å². The zero-order valence-corrected chi connectivity index (χ0v) is 13.4. The van der Waals surface area contributed by atoms with Crippen molar-refractivity contribution in [2.24, 2.45) is 23.7 Å². The molecule has 0 unspecified atom stereocenters. The number of ether oxygens (including phenoxy) is 1. The lowest BCUT2D eigenvalue weighted by Crippen LogP contribution is -2.56. The zero-order valence-electron chi connectivity index (χ0n) is 13.4. The molecule has 1 heterocycles. The summed E-state index contributed by atoms with van der Waals surface area (Å²) < 4.78 is 6.31. The van der Waals surface area contributed by atoms with Crippen molar-refractivity contribution in [3.63, 3.8) is 0 Å². The summed E-state index contributed by atoms with van der Waals surface area (Å²) in [6, 6.07) is 17.7. The summed E-state index contributed by atoms with van der Waals surface area (Å²) in [4.78, 5) is 0. The largest absolute Gasteiger partial charge is 0.457 e. The molecule has 2 aromatic rings. The predicted molar refractivity (Wildman–Crippen MR) is 90.8 cm³/mol. The molecule has 4 saturated carbocycles. The normalized spacial score (nSPS) is 34.8. The first-order chi connectivity index (χ1) is 11.4. The number of fused-ring (bicyclic) bond motifs is 2. The molecule has 0 N–H and O–H groups in total. The molecule has 23 heavy (non-hydrogen) atoms. The van der Waals surface area contributed by atoms with Crippen LogP contribution < -0.4 is 4.74 Å². The van der Waals surface area contributed by atoms with Crippen molar-refractivity contribution in [1.29, 1.82) is 0 Å². The van der Waals surface area contributed by atoms with Crippen molar-refractivity contribution in [3.8, 4) is 11.5 Å². The molecule has 116 valence electrons. The van der Waals surface area contributed by atoms with Gasteiger partial charge in [-0.2, -0.15) is 0 Å². The van der Waals surface area contributed by atoms with Gasteiger partial charge in [-0.25, -0.2) is 0 Å². The van der Waals surface area contributed by atoms with Crippen LogP contribution in [0.1, 0.15) is 43.2 Å². The molecule has 7 rings (SSSR count). The lowest BCUT2D eigenvalue weighted by atomic mass is 9.42. The molecule has 0 radical (unpaired) electrons. The van der Waals surface area contributed by atoms with Crippen LogP contribution in [0.5, 0.6) is 11.5 Å². The minimum absolute atomic E-state index is 0.221. The minimum atomic E-state index is 0.221. The molecule has 4 aliphatic carbocycles. The fourth-order valence-corrected chi connectivity index (χ4v) is 6.87. The highest BCUT2D eigenvalue weighted by Gasteiger charge is 2.61. The third kappa shape index (κ3) is 1.45. The summed E-state index contributed by atoms with van der Waals surface area (Å²) in [6.07, 6.45) is 7.21. The van der Waals surface area contributed by atoms with Gasteiger partial charge in [0.05, 0.1) is 0 Å². The van der Waals surface area contributed by atoms with Crippen LogP contribution in [-0.2, 0) is 5.41 Å². The molecule has 0 aromatic heterocycles. The Morgan fingerprint density at radius 3 is 1.65 bits per heavy atom. The first-order valence-electron chi connectivity index (χ1n) is 9.22. The Morgan fingerprint density at radius 2 is 1.13 bits per heavy atom. The van der Waals surface area contributed by atoms with E-state index in [9.17, 15) is 0 Å². The topological polar surface area (TPSA) is 9.23 Å². The first kappa shape index (κ1) is 12.6. The van der Waals surface area contributed by atoms with Gasteiger partial charge in [0.25, 0.3) is 0 Å². The van der Waals surface area contributed by atoms with Crippen LogP contribution in [0.25, 0.3) is 0 Å². The molecule has 1 heteroatoms. The molecule has 1 spiro atoms. The van der Waals surface area contributed by atoms with Crippen LogP contribution in [0, 0.1) is 23.7 Å². The number of benzene rings is 2. The van der Waals surface area contributed by atoms with Crippen molar-refractivity contribution >= 4 is 0 Å². The smallest absolute Gasteiger partial charge is 0.131 e. The fourth-order valence-electron chi connectivity index (χ4n) is 6.87. The molecule has 0 atom stereocenters. The van der Waals surface area contributed by atoms with E-state index in [1.165, 1.54) is 43.2 Å². The van der Waals surface area contributed by atoms with E-state index < -0.39 is 0 Å². The summed E-state index contributed by atoms with van der Waals surface area (Å²) in [6.45, 7) is 0. The maximum absolute atomic E-state index is 6.31. The minimum Gasteiger partial charge on any atom is -0.457 e. The van der Waals surface area contributed by atoms with Crippen molar-refractivity contribution in [3.05, 3.63) is 59.7 Å². The van der Waals surface area contributed by atoms with Crippen LogP contribution in [0.15, 0.2) is 48.5 Å². The number of rotatable bonds is 0. The van der Waals surface area contributed by atoms with Crippen LogP contribution in [0.2, 0.25) is 0 Å². The van der Waals surface area contributed by atoms with Gasteiger partial charge in [-0.05, 0) is 67.9 Å². The SMILES string of the molecule is c1ccc2c(c1)Oc1ccccc1C21[C@H]2CC3CC(C[C@H]1C3)C2. The van der Waals surface area contributed by atoms with Crippen LogP contribution >= 0.6 is 0 Å². The van der Waals surface area contributed by atoms with E-state index in [1.54, 1.807) is 0 Å². The number of para-hydroxylation sites is 2. The number of hydrogen-bond donors (Lipinski definition) is 0. The van der Waals surface area contributed by atoms with Gasteiger partial charge in [-0.3, -0.25) is 0 Å². The second-order valence-corrected chi connectivity index (χ2v) is 8.27. The molecule has 1 aliphatic heterocycles. The Kier molecular flexibility index (Phi) is 2.31. The third-order valence-electron chi connectivity index (χ3n) is 7.31. The van der Waals surface area contributed by atoms with Gasteiger partial charge in [0.2, 0.25) is 0 Å². The van der Waals surface area contributed by atoms with Crippen molar-refractivity contribution in [2.45, 2.75) is 37.5 Å². The van der Waals surface area contributed by atoms with Crippen LogP contribution in [0.4, 0.5) is 0 Å². The van der Waals surface area contributed by atoms with Gasteiger partial charge in [0.15, 0.2) is 0 Å². The maximum atomic E-state index is 6.31. The van der Waals surface area contributed by atoms with Crippen molar-refractivity contribution in [1.82, 2.24) is 0 Å². The molecule has 0 amide bonds. The van der Waals surface area contributed by atoms with Gasteiger partial charge in [0, 0.05) is 16.5 Å². The average molecular weight is 302 g/mol. The maximum Gasteiger partial charge on any atom is 0.131 e. The molecule has 1 nitrogen and oxygen atoms in total. The summed E-state index contributed by atoms with van der Waals surface area (Å²) >= 11 is 0. The molecule has 5 aliphatic rings. The monoisotopic (exact) mass is 302 g/mol. The molecular weight excluding hydrogens is 280 g/mol. The van der Waals surface area contributed by atoms with Gasteiger partial charge in [-0.15, -0.1) is 0 Å². The zero-order chi connectivity index (χ0) is 15.0. The highest BCUT2D eigenvalue weighted by atomic mass is 16.5. The third-order valence-corrected chi connectivity index (χ3v) is 7.31. The van der Waals surface area contributed by atoms with E-state index in [-0.39, 0.29) is 5.41 Å². The average Bonchev–Trinajstić information content (AvgIpc) is 2.57. The summed E-state index contributed by atoms with van der Waals surface area (Å²) in [5, 5.41) is 0. The van der Waals surface area contributed by atoms with Gasteiger partial charge in [-0.1, -0.05) is 36.4 Å². The molecular formula is C22H22O. The Bertz CT molecular complexity index is 715. The second-order valence-electron chi connectivity index (χ2n) is 8.27. The molecule has 4 fully saturated rings. The molecule has 2 aromatic carbocycles. The van der Waals surface area contributed by atoms with Crippen molar-refractivity contribution in [2.75, 3.05) is 0 Å². The van der Waals surface area contributed by atoms with E-state index in [4.69, 9.17) is 4.74 Å². The summed E-state index contributed by atoms with van der Waals surface area (Å²) in [5.41, 5.74) is 3.18. The van der Waals surface area contributed by atoms with Crippen molar-refractivity contribution < 1.29 is 4.74 Å². The Labute approximate surface area is 137 Å². The Balaban J connectivity index is 1.67. The van der Waals surface area contributed by atoms with Crippen LogP contribution in [0.3, 0.4) is 0 Å². The highest BCUT2D eigenvalue weighted by Crippen LogP contribution is 2.68. The predicted octanol–water partition coefficient (Wildman–Crippen LogP) is 5.53. The lowest BCUT2D eigenvalue weighted by Gasteiger charge is -2.63. The summed E-state index contributed by atoms with van der Waals surface area (Å²) in [5.74, 6) is 5.82. The molecule has 0 saturated heterocycles. The standard InChI is InChI=1S/C22H22O/c1-3-7-20-18(5-1)22(19-6-2-4-8-21(19)23-20)16-10-14-9-15(12-16)13-17(22)11-14/h1-8,14-17H,9-13H2/t14?,15?,16-,17+. The van der Waals surface area contributed by atoms with Crippen LogP contribution in [-0.4, -0.2) is 0 Å². The van der Waals surface area contributed by atoms with Gasteiger partial charge >= 0.3 is 0 Å². The Hall–Kier alpha value is -1.76. The van der Waals surface area contributed by atoms with E-state index in [0.717, 1.165) is 35.2 Å². The fraction of sp³-hybridized carbons (Fsp3) is 0.455. The molecule has 4 bridgehead atoms. The van der Waals surface area contributed by atoms with Gasteiger partial charge < -0.3 is 4.74 Å². The van der Waals surface area contributed by atoms with E-state index in [0.29, 0.717) is 0 Å². The Morgan fingerprint density at radius 1 is 0.652 bits per heavy atom. The van der Waals surface area contributed by atoms with Gasteiger partial charge in [0.1, 0.15) is 11.5 Å². The number of hydrogen-bond acceptors (Lipinski definition) is 1. The van der Waals surface area contributed by atoms with E-state index in [2.05, 4.69) is 48.5 Å². The first-order valence-corrected chi connectivity index (χ1v) is 9.22.